The smallest absolute Gasteiger partial charge is 0.163 e. The fourth-order valence-corrected chi connectivity index (χ4v) is 2.80. The Kier molecular flexibility index (Phi) is 4.47. The summed E-state index contributed by atoms with van der Waals surface area (Å²) in [6.45, 7) is 4.18. The number of benzene rings is 1. The molecule has 5 heteroatoms. The third-order valence-electron chi connectivity index (χ3n) is 3.92. The molecule has 0 radical (unpaired) electrons. The lowest BCUT2D eigenvalue weighted by atomic mass is 10.2. The summed E-state index contributed by atoms with van der Waals surface area (Å²) < 4.78 is 13.6. The lowest BCUT2D eigenvalue weighted by Crippen LogP contribution is -2.15. The van der Waals surface area contributed by atoms with Gasteiger partial charge in [-0.05, 0) is 12.8 Å². The minimum absolute atomic E-state index is 0.567. The highest BCUT2D eigenvalue weighted by Crippen LogP contribution is 2.35. The number of imidazole rings is 1. The average Bonchev–Trinajstić information content (AvgIpc) is 2.88. The Morgan fingerprint density at radius 1 is 1.23 bits per heavy atom. The minimum Gasteiger partial charge on any atom is -0.486 e. The molecule has 0 atom stereocenters. The summed E-state index contributed by atoms with van der Waals surface area (Å²) in [4.78, 5) is 4.78. The molecule has 1 aliphatic heterocycles. The maximum absolute atomic E-state index is 8.77. The molecule has 0 saturated carbocycles. The molecule has 22 heavy (non-hydrogen) atoms. The van der Waals surface area contributed by atoms with Gasteiger partial charge in [-0.2, -0.15) is 5.26 Å². The largest absolute Gasteiger partial charge is 0.486 e. The average molecular weight is 299 g/mol. The van der Waals surface area contributed by atoms with E-state index in [1.165, 1.54) is 0 Å². The molecule has 0 fully saturated rings. The molecule has 0 N–H and O–H groups in total. The monoisotopic (exact) mass is 299 g/mol. The zero-order chi connectivity index (χ0) is 15.4. The van der Waals surface area contributed by atoms with E-state index in [4.69, 9.17) is 19.7 Å². The summed E-state index contributed by atoms with van der Waals surface area (Å²) in [7, 11) is 0. The van der Waals surface area contributed by atoms with Gasteiger partial charge in [-0.1, -0.05) is 13.3 Å². The molecule has 1 aromatic heterocycles. The number of ether oxygens (including phenoxy) is 2. The van der Waals surface area contributed by atoms with Crippen molar-refractivity contribution >= 4 is 11.0 Å². The second kappa shape index (κ2) is 6.69. The molecule has 0 spiro atoms. The quantitative estimate of drug-likeness (QED) is 0.766. The Bertz CT molecular complexity index is 700. The molecule has 5 nitrogen and oxygen atoms in total. The Morgan fingerprint density at radius 2 is 2.00 bits per heavy atom. The van der Waals surface area contributed by atoms with Gasteiger partial charge in [0.05, 0.1) is 17.1 Å². The van der Waals surface area contributed by atoms with E-state index in [0.29, 0.717) is 19.6 Å². The van der Waals surface area contributed by atoms with Crippen LogP contribution in [0.4, 0.5) is 0 Å². The van der Waals surface area contributed by atoms with Crippen LogP contribution in [0.2, 0.25) is 0 Å². The Balaban J connectivity index is 2.00. The molecule has 3 rings (SSSR count). The third-order valence-corrected chi connectivity index (χ3v) is 3.92. The van der Waals surface area contributed by atoms with E-state index in [0.717, 1.165) is 60.6 Å². The van der Waals surface area contributed by atoms with Crippen molar-refractivity contribution in [2.45, 2.75) is 45.6 Å². The molecular formula is C17H21N3O2. The second-order valence-corrected chi connectivity index (χ2v) is 5.53. The van der Waals surface area contributed by atoms with Crippen molar-refractivity contribution in [3.8, 4) is 17.6 Å². The summed E-state index contributed by atoms with van der Waals surface area (Å²) in [5.74, 6) is 2.67. The zero-order valence-corrected chi connectivity index (χ0v) is 13.0. The van der Waals surface area contributed by atoms with Gasteiger partial charge < -0.3 is 14.0 Å². The molecule has 1 aliphatic rings. The number of aryl methyl sites for hydroxylation is 2. The molecule has 0 unspecified atom stereocenters. The molecule has 0 saturated heterocycles. The van der Waals surface area contributed by atoms with Crippen LogP contribution in [0.3, 0.4) is 0 Å². The van der Waals surface area contributed by atoms with Gasteiger partial charge in [-0.25, -0.2) is 4.98 Å². The first-order valence-electron chi connectivity index (χ1n) is 7.99. The molecule has 116 valence electrons. The number of nitrogens with zero attached hydrogens (tertiary/aromatic N) is 3. The van der Waals surface area contributed by atoms with Gasteiger partial charge >= 0.3 is 0 Å². The summed E-state index contributed by atoms with van der Waals surface area (Å²) in [6, 6.07) is 6.21. The number of fused-ring (bicyclic) bond motifs is 2. The highest BCUT2D eigenvalue weighted by atomic mass is 16.6. The minimum atomic E-state index is 0.567. The van der Waals surface area contributed by atoms with Crippen LogP contribution in [-0.2, 0) is 13.0 Å². The Morgan fingerprint density at radius 3 is 2.73 bits per heavy atom. The van der Waals surface area contributed by atoms with Gasteiger partial charge in [0.25, 0.3) is 0 Å². The normalized spacial score (nSPS) is 13.3. The summed E-state index contributed by atoms with van der Waals surface area (Å²) in [5, 5.41) is 8.77. The first-order valence-corrected chi connectivity index (χ1v) is 7.99. The molecule has 0 aliphatic carbocycles. The van der Waals surface area contributed by atoms with Gasteiger partial charge in [0, 0.05) is 31.5 Å². The third kappa shape index (κ3) is 2.87. The molecule has 1 aromatic carbocycles. The van der Waals surface area contributed by atoms with Crippen LogP contribution < -0.4 is 9.47 Å². The standard InChI is InChI=1S/C17H21N3O2/c1-2-3-6-17-19-13-11-15-16(22-10-9-21-15)12-14(13)20(17)8-5-4-7-18/h11-12H,2-6,8-10H2,1H3. The second-order valence-electron chi connectivity index (χ2n) is 5.53. The summed E-state index contributed by atoms with van der Waals surface area (Å²) in [5.41, 5.74) is 2.03. The molecule has 2 aromatic rings. The van der Waals surface area contributed by atoms with Gasteiger partial charge in [0.1, 0.15) is 19.0 Å². The Labute approximate surface area is 130 Å². The fraction of sp³-hybridized carbons (Fsp3) is 0.529. The van der Waals surface area contributed by atoms with E-state index < -0.39 is 0 Å². The van der Waals surface area contributed by atoms with Crippen LogP contribution in [0, 0.1) is 11.3 Å². The summed E-state index contributed by atoms with van der Waals surface area (Å²) in [6.07, 6.45) is 4.63. The SMILES string of the molecule is CCCCc1nc2cc3c(cc2n1CCCC#N)OCCO3. The maximum Gasteiger partial charge on any atom is 0.163 e. The van der Waals surface area contributed by atoms with Gasteiger partial charge in [0.15, 0.2) is 11.5 Å². The van der Waals surface area contributed by atoms with E-state index in [-0.39, 0.29) is 0 Å². The summed E-state index contributed by atoms with van der Waals surface area (Å²) >= 11 is 0. The van der Waals surface area contributed by atoms with Crippen LogP contribution in [0.25, 0.3) is 11.0 Å². The van der Waals surface area contributed by atoms with Crippen LogP contribution in [0.5, 0.6) is 11.5 Å². The van der Waals surface area contributed by atoms with Crippen molar-refractivity contribution in [1.29, 1.82) is 5.26 Å². The molecule has 0 bridgehead atoms. The van der Waals surface area contributed by atoms with Crippen molar-refractivity contribution in [2.75, 3.05) is 13.2 Å². The lowest BCUT2D eigenvalue weighted by molar-refractivity contribution is 0.172. The molecule has 2 heterocycles. The van der Waals surface area contributed by atoms with Gasteiger partial charge in [0.2, 0.25) is 0 Å². The van der Waals surface area contributed by atoms with Crippen molar-refractivity contribution in [1.82, 2.24) is 9.55 Å². The van der Waals surface area contributed by atoms with Crippen LogP contribution >= 0.6 is 0 Å². The number of unbranched alkanes of at least 4 members (excludes halogenated alkanes) is 2. The number of hydrogen-bond acceptors (Lipinski definition) is 4. The number of nitriles is 1. The number of hydrogen-bond donors (Lipinski definition) is 0. The lowest BCUT2D eigenvalue weighted by Gasteiger charge is -2.18. The first-order chi connectivity index (χ1) is 10.8. The van der Waals surface area contributed by atoms with E-state index in [1.54, 1.807) is 0 Å². The van der Waals surface area contributed by atoms with Crippen LogP contribution in [0.1, 0.15) is 38.4 Å². The highest BCUT2D eigenvalue weighted by Gasteiger charge is 2.17. The van der Waals surface area contributed by atoms with Crippen LogP contribution in [0.15, 0.2) is 12.1 Å². The zero-order valence-electron chi connectivity index (χ0n) is 13.0. The van der Waals surface area contributed by atoms with Crippen molar-refractivity contribution < 1.29 is 9.47 Å². The van der Waals surface area contributed by atoms with E-state index >= 15 is 0 Å². The van der Waals surface area contributed by atoms with E-state index in [1.807, 2.05) is 12.1 Å². The topological polar surface area (TPSA) is 60.1 Å². The highest BCUT2D eigenvalue weighted by molar-refractivity contribution is 5.80. The van der Waals surface area contributed by atoms with Gasteiger partial charge in [-0.15, -0.1) is 0 Å². The predicted molar refractivity (Wildman–Crippen MR) is 84.2 cm³/mol. The van der Waals surface area contributed by atoms with Crippen molar-refractivity contribution in [3.63, 3.8) is 0 Å². The van der Waals surface area contributed by atoms with E-state index in [9.17, 15) is 0 Å². The van der Waals surface area contributed by atoms with Crippen LogP contribution in [-0.4, -0.2) is 22.8 Å². The maximum atomic E-state index is 8.77. The molecule has 0 amide bonds. The van der Waals surface area contributed by atoms with Crippen molar-refractivity contribution in [2.24, 2.45) is 0 Å². The number of aromatic nitrogens is 2. The fourth-order valence-electron chi connectivity index (χ4n) is 2.80. The number of rotatable bonds is 6. The van der Waals surface area contributed by atoms with Crippen molar-refractivity contribution in [3.05, 3.63) is 18.0 Å². The molecular weight excluding hydrogens is 278 g/mol. The predicted octanol–water partition coefficient (Wildman–Crippen LogP) is 3.45. The van der Waals surface area contributed by atoms with Gasteiger partial charge in [-0.3, -0.25) is 0 Å². The van der Waals surface area contributed by atoms with E-state index in [2.05, 4.69) is 17.6 Å². The first kappa shape index (κ1) is 14.7. The Hall–Kier alpha value is -2.22.